The molecule has 0 saturated carbocycles. The van der Waals surface area contributed by atoms with Gasteiger partial charge in [0.15, 0.2) is 0 Å². The Hall–Kier alpha value is -2.39. The summed E-state index contributed by atoms with van der Waals surface area (Å²) in [5.41, 5.74) is 0.995. The molecule has 0 aliphatic rings. The van der Waals surface area contributed by atoms with Gasteiger partial charge in [0.1, 0.15) is 6.54 Å². The number of nitrogens with zero attached hydrogens (tertiary/aromatic N) is 2. The number of carbonyl (C=O) groups excluding carboxylic acids is 2. The number of nitriles is 1. The van der Waals surface area contributed by atoms with Crippen molar-refractivity contribution in [2.75, 3.05) is 26.2 Å². The number of benzene rings is 1. The van der Waals surface area contributed by atoms with Crippen molar-refractivity contribution in [2.45, 2.75) is 13.5 Å². The molecule has 112 valence electrons. The number of esters is 1. The van der Waals surface area contributed by atoms with E-state index in [9.17, 15) is 9.59 Å². The highest BCUT2D eigenvalue weighted by Gasteiger charge is 2.15. The van der Waals surface area contributed by atoms with E-state index in [2.05, 4.69) is 5.32 Å². The maximum atomic E-state index is 11.7. The lowest BCUT2D eigenvalue weighted by Gasteiger charge is -2.20. The van der Waals surface area contributed by atoms with Crippen molar-refractivity contribution in [1.82, 2.24) is 10.2 Å². The highest BCUT2D eigenvalue weighted by atomic mass is 16.5. The molecule has 1 aromatic rings. The first-order chi connectivity index (χ1) is 10.2. The molecule has 1 amide bonds. The first-order valence-electron chi connectivity index (χ1n) is 6.71. The van der Waals surface area contributed by atoms with Crippen LogP contribution in [-0.2, 0) is 20.9 Å². The van der Waals surface area contributed by atoms with E-state index in [1.54, 1.807) is 11.8 Å². The fourth-order valence-corrected chi connectivity index (χ4v) is 1.80. The van der Waals surface area contributed by atoms with E-state index < -0.39 is 0 Å². The predicted molar refractivity (Wildman–Crippen MR) is 77.0 cm³/mol. The lowest BCUT2D eigenvalue weighted by Crippen LogP contribution is -2.40. The van der Waals surface area contributed by atoms with Crippen LogP contribution in [0.5, 0.6) is 0 Å². The Morgan fingerprint density at radius 2 is 2.00 bits per heavy atom. The van der Waals surface area contributed by atoms with E-state index in [0.717, 1.165) is 5.56 Å². The Morgan fingerprint density at radius 1 is 1.29 bits per heavy atom. The van der Waals surface area contributed by atoms with Gasteiger partial charge in [0.25, 0.3) is 0 Å². The van der Waals surface area contributed by atoms with Gasteiger partial charge in [-0.2, -0.15) is 5.26 Å². The van der Waals surface area contributed by atoms with Crippen molar-refractivity contribution < 1.29 is 14.3 Å². The number of amides is 1. The van der Waals surface area contributed by atoms with Crippen LogP contribution in [0.3, 0.4) is 0 Å². The molecule has 21 heavy (non-hydrogen) atoms. The van der Waals surface area contributed by atoms with Gasteiger partial charge in [-0.1, -0.05) is 30.3 Å². The number of hydrogen-bond acceptors (Lipinski definition) is 5. The van der Waals surface area contributed by atoms with Crippen LogP contribution in [0.2, 0.25) is 0 Å². The van der Waals surface area contributed by atoms with Gasteiger partial charge in [-0.3, -0.25) is 14.5 Å². The average molecular weight is 289 g/mol. The van der Waals surface area contributed by atoms with Crippen LogP contribution >= 0.6 is 0 Å². The summed E-state index contributed by atoms with van der Waals surface area (Å²) < 4.78 is 4.91. The molecule has 0 saturated heterocycles. The minimum absolute atomic E-state index is 0.0305. The molecular formula is C15H19N3O3. The fraction of sp³-hybridized carbons (Fsp3) is 0.400. The van der Waals surface area contributed by atoms with E-state index in [1.807, 2.05) is 36.4 Å². The minimum Gasteiger partial charge on any atom is -0.465 e. The van der Waals surface area contributed by atoms with Crippen LogP contribution in [0, 0.1) is 11.3 Å². The summed E-state index contributed by atoms with van der Waals surface area (Å²) in [6.45, 7) is 2.52. The van der Waals surface area contributed by atoms with Crippen molar-refractivity contribution in [3.8, 4) is 6.07 Å². The van der Waals surface area contributed by atoms with Gasteiger partial charge in [0.05, 0.1) is 25.8 Å². The molecule has 0 unspecified atom stereocenters. The quantitative estimate of drug-likeness (QED) is 0.562. The third-order valence-electron chi connectivity index (χ3n) is 2.64. The van der Waals surface area contributed by atoms with E-state index in [0.29, 0.717) is 13.2 Å². The Balaban J connectivity index is 2.63. The van der Waals surface area contributed by atoms with Crippen molar-refractivity contribution in [1.29, 1.82) is 5.26 Å². The van der Waals surface area contributed by atoms with E-state index in [1.165, 1.54) is 0 Å². The number of rotatable bonds is 8. The number of nitrogens with one attached hydrogen (secondary N) is 1. The summed E-state index contributed by atoms with van der Waals surface area (Å²) in [7, 11) is 0. The lowest BCUT2D eigenvalue weighted by atomic mass is 10.2. The maximum absolute atomic E-state index is 11.7. The van der Waals surface area contributed by atoms with Gasteiger partial charge in [-0.05, 0) is 12.5 Å². The first kappa shape index (κ1) is 16.7. The number of carbonyl (C=O) groups is 2. The molecule has 0 aliphatic heterocycles. The highest BCUT2D eigenvalue weighted by Crippen LogP contribution is 2.04. The monoisotopic (exact) mass is 289 g/mol. The minimum atomic E-state index is -0.374. The molecule has 0 spiro atoms. The molecule has 1 rings (SSSR count). The Labute approximate surface area is 124 Å². The third-order valence-corrected chi connectivity index (χ3v) is 2.64. The van der Waals surface area contributed by atoms with Gasteiger partial charge in [0, 0.05) is 6.54 Å². The summed E-state index contributed by atoms with van der Waals surface area (Å²) in [4.78, 5) is 25.0. The topological polar surface area (TPSA) is 82.4 Å². The second kappa shape index (κ2) is 9.50. The Bertz CT molecular complexity index is 497. The molecule has 0 fully saturated rings. The summed E-state index contributed by atoms with van der Waals surface area (Å²) in [5, 5.41) is 10.9. The van der Waals surface area contributed by atoms with Crippen LogP contribution in [-0.4, -0.2) is 43.0 Å². The van der Waals surface area contributed by atoms with Gasteiger partial charge < -0.3 is 10.1 Å². The summed E-state index contributed by atoms with van der Waals surface area (Å²) in [6, 6.07) is 11.4. The summed E-state index contributed by atoms with van der Waals surface area (Å²) in [6.07, 6.45) is 0. The highest BCUT2D eigenvalue weighted by molar-refractivity contribution is 5.79. The lowest BCUT2D eigenvalue weighted by molar-refractivity contribution is -0.144. The van der Waals surface area contributed by atoms with Crippen LogP contribution in [0.4, 0.5) is 0 Å². The SMILES string of the molecule is CCOC(=O)CN(CC(=O)NCC#N)Cc1ccccc1. The standard InChI is InChI=1S/C15H19N3O3/c1-2-21-15(20)12-18(11-14(19)17-9-8-16)10-13-6-4-3-5-7-13/h3-7H,2,9-12H2,1H3,(H,17,19). The van der Waals surface area contributed by atoms with Crippen molar-refractivity contribution in [2.24, 2.45) is 0 Å². The molecule has 0 bridgehead atoms. The molecule has 6 heteroatoms. The largest absolute Gasteiger partial charge is 0.465 e. The molecule has 0 radical (unpaired) electrons. The van der Waals surface area contributed by atoms with E-state index in [-0.39, 0.29) is 31.5 Å². The zero-order valence-electron chi connectivity index (χ0n) is 12.0. The summed E-state index contributed by atoms with van der Waals surface area (Å²) >= 11 is 0. The van der Waals surface area contributed by atoms with Gasteiger partial charge in [-0.25, -0.2) is 0 Å². The average Bonchev–Trinajstić information content (AvgIpc) is 2.46. The number of ether oxygens (including phenoxy) is 1. The van der Waals surface area contributed by atoms with Crippen LogP contribution in [0.15, 0.2) is 30.3 Å². The molecule has 1 N–H and O–H groups in total. The smallest absolute Gasteiger partial charge is 0.320 e. The van der Waals surface area contributed by atoms with Crippen molar-refractivity contribution in [3.05, 3.63) is 35.9 Å². The fourth-order valence-electron chi connectivity index (χ4n) is 1.80. The molecule has 0 heterocycles. The van der Waals surface area contributed by atoms with Gasteiger partial charge in [-0.15, -0.1) is 0 Å². The second-order valence-corrected chi connectivity index (χ2v) is 4.37. The number of hydrogen-bond donors (Lipinski definition) is 1. The predicted octanol–water partition coefficient (Wildman–Crippen LogP) is 0.691. The zero-order valence-corrected chi connectivity index (χ0v) is 12.0. The molecular weight excluding hydrogens is 270 g/mol. The van der Waals surface area contributed by atoms with Crippen LogP contribution < -0.4 is 5.32 Å². The van der Waals surface area contributed by atoms with E-state index in [4.69, 9.17) is 10.00 Å². The summed E-state index contributed by atoms with van der Waals surface area (Å²) in [5.74, 6) is -0.668. The molecule has 0 aromatic heterocycles. The molecule has 6 nitrogen and oxygen atoms in total. The first-order valence-corrected chi connectivity index (χ1v) is 6.71. The van der Waals surface area contributed by atoms with E-state index >= 15 is 0 Å². The normalized spacial score (nSPS) is 9.95. The van der Waals surface area contributed by atoms with Gasteiger partial charge in [0.2, 0.25) is 5.91 Å². The third kappa shape index (κ3) is 7.09. The second-order valence-electron chi connectivity index (χ2n) is 4.37. The Morgan fingerprint density at radius 3 is 2.62 bits per heavy atom. The van der Waals surface area contributed by atoms with Crippen LogP contribution in [0.1, 0.15) is 12.5 Å². The van der Waals surface area contributed by atoms with Crippen molar-refractivity contribution >= 4 is 11.9 Å². The molecule has 1 aromatic carbocycles. The zero-order chi connectivity index (χ0) is 15.5. The molecule has 0 aliphatic carbocycles. The Kier molecular flexibility index (Phi) is 7.54. The maximum Gasteiger partial charge on any atom is 0.320 e. The molecule has 0 atom stereocenters. The van der Waals surface area contributed by atoms with Crippen molar-refractivity contribution in [3.63, 3.8) is 0 Å². The van der Waals surface area contributed by atoms with Crippen LogP contribution in [0.25, 0.3) is 0 Å². The van der Waals surface area contributed by atoms with Gasteiger partial charge >= 0.3 is 5.97 Å².